The smallest absolute Gasteiger partial charge is 0.220 e. The highest BCUT2D eigenvalue weighted by atomic mass is 32.1. The monoisotopic (exact) mass is 276 g/mol. The number of ether oxygens (including phenoxy) is 1. The van der Waals surface area contributed by atoms with E-state index in [9.17, 15) is 4.79 Å². The maximum Gasteiger partial charge on any atom is 0.220 e. The molecule has 1 aromatic carbocycles. The molecule has 2 aromatic rings. The molecule has 0 aliphatic carbocycles. The molecule has 0 radical (unpaired) electrons. The minimum absolute atomic E-state index is 0.0428. The van der Waals surface area contributed by atoms with Crippen LogP contribution in [0.15, 0.2) is 29.6 Å². The Kier molecular flexibility index (Phi) is 4.52. The first kappa shape index (κ1) is 13.5. The number of carbonyl (C=O) groups excluding carboxylic acids is 1. The van der Waals surface area contributed by atoms with Crippen LogP contribution in [0, 0.1) is 0 Å². The molecule has 4 nitrogen and oxygen atoms in total. The van der Waals surface area contributed by atoms with E-state index in [2.05, 4.69) is 10.3 Å². The van der Waals surface area contributed by atoms with Crippen LogP contribution >= 0.6 is 11.3 Å². The van der Waals surface area contributed by atoms with Gasteiger partial charge in [-0.3, -0.25) is 4.79 Å². The molecule has 100 valence electrons. The van der Waals surface area contributed by atoms with Gasteiger partial charge >= 0.3 is 0 Å². The predicted molar refractivity (Wildman–Crippen MR) is 76.2 cm³/mol. The average molecular weight is 276 g/mol. The number of aromatic nitrogens is 1. The van der Waals surface area contributed by atoms with E-state index in [1.807, 2.05) is 36.6 Å². The number of thiazole rings is 1. The second kappa shape index (κ2) is 6.33. The van der Waals surface area contributed by atoms with Crippen molar-refractivity contribution >= 4 is 17.2 Å². The highest BCUT2D eigenvalue weighted by Crippen LogP contribution is 2.24. The van der Waals surface area contributed by atoms with Crippen LogP contribution in [-0.4, -0.2) is 18.0 Å². The summed E-state index contributed by atoms with van der Waals surface area (Å²) >= 11 is 1.55. The van der Waals surface area contributed by atoms with Crippen molar-refractivity contribution in [3.8, 4) is 17.0 Å². The van der Waals surface area contributed by atoms with Gasteiger partial charge in [-0.2, -0.15) is 0 Å². The maximum absolute atomic E-state index is 11.2. The van der Waals surface area contributed by atoms with E-state index in [0.717, 1.165) is 22.0 Å². The molecule has 0 saturated heterocycles. The van der Waals surface area contributed by atoms with Gasteiger partial charge in [0.15, 0.2) is 0 Å². The second-order valence-corrected chi connectivity index (χ2v) is 4.93. The van der Waals surface area contributed by atoms with Crippen LogP contribution in [0.3, 0.4) is 0 Å². The van der Waals surface area contributed by atoms with Gasteiger partial charge in [-0.25, -0.2) is 4.98 Å². The minimum Gasteiger partial charge on any atom is -0.497 e. The summed E-state index contributed by atoms with van der Waals surface area (Å²) in [7, 11) is 1.65. The van der Waals surface area contributed by atoms with E-state index >= 15 is 0 Å². The van der Waals surface area contributed by atoms with Gasteiger partial charge < -0.3 is 10.1 Å². The van der Waals surface area contributed by atoms with Gasteiger partial charge in [0.2, 0.25) is 5.91 Å². The number of benzene rings is 1. The van der Waals surface area contributed by atoms with Crippen molar-refractivity contribution < 1.29 is 9.53 Å². The van der Waals surface area contributed by atoms with Gasteiger partial charge in [-0.15, -0.1) is 11.3 Å². The standard InChI is InChI=1S/C14H16N2O2S/c1-3-13(17)15-8-14-16-12(9-19-14)10-4-6-11(18-2)7-5-10/h4-7,9H,3,8H2,1-2H3,(H,15,17). The van der Waals surface area contributed by atoms with Crippen LogP contribution in [0.1, 0.15) is 18.4 Å². The molecule has 5 heteroatoms. The van der Waals surface area contributed by atoms with Gasteiger partial charge in [-0.1, -0.05) is 6.92 Å². The van der Waals surface area contributed by atoms with Crippen molar-refractivity contribution in [2.45, 2.75) is 19.9 Å². The van der Waals surface area contributed by atoms with Crippen LogP contribution in [-0.2, 0) is 11.3 Å². The molecular formula is C14H16N2O2S. The van der Waals surface area contributed by atoms with Crippen molar-refractivity contribution in [1.29, 1.82) is 0 Å². The summed E-state index contributed by atoms with van der Waals surface area (Å²) in [6.45, 7) is 2.33. The van der Waals surface area contributed by atoms with E-state index in [0.29, 0.717) is 13.0 Å². The van der Waals surface area contributed by atoms with Crippen LogP contribution in [0.25, 0.3) is 11.3 Å². The molecule has 1 N–H and O–H groups in total. The number of carbonyl (C=O) groups is 1. The summed E-state index contributed by atoms with van der Waals surface area (Å²) in [6.07, 6.45) is 0.497. The number of hydrogen-bond acceptors (Lipinski definition) is 4. The molecule has 1 aromatic heterocycles. The van der Waals surface area contributed by atoms with Crippen LogP contribution in [0.2, 0.25) is 0 Å². The lowest BCUT2D eigenvalue weighted by Gasteiger charge is -2.01. The number of hydrogen-bond donors (Lipinski definition) is 1. The average Bonchev–Trinajstić information content (AvgIpc) is 2.93. The largest absolute Gasteiger partial charge is 0.497 e. The minimum atomic E-state index is 0.0428. The molecule has 0 atom stereocenters. The molecule has 0 aliphatic rings. The summed E-state index contributed by atoms with van der Waals surface area (Å²) in [4.78, 5) is 15.7. The molecule has 0 saturated carbocycles. The third-order valence-electron chi connectivity index (χ3n) is 2.70. The number of nitrogens with zero attached hydrogens (tertiary/aromatic N) is 1. The third-order valence-corrected chi connectivity index (χ3v) is 3.54. The Bertz CT molecular complexity index is 549. The zero-order chi connectivity index (χ0) is 13.7. The highest BCUT2D eigenvalue weighted by Gasteiger charge is 2.05. The molecule has 2 rings (SSSR count). The summed E-state index contributed by atoms with van der Waals surface area (Å²) < 4.78 is 5.12. The Hall–Kier alpha value is -1.88. The lowest BCUT2D eigenvalue weighted by Crippen LogP contribution is -2.21. The number of nitrogens with one attached hydrogen (secondary N) is 1. The summed E-state index contributed by atoms with van der Waals surface area (Å²) in [5, 5.41) is 5.73. The first-order chi connectivity index (χ1) is 9.22. The molecule has 0 unspecified atom stereocenters. The molecule has 1 heterocycles. The topological polar surface area (TPSA) is 51.2 Å². The molecule has 0 bridgehead atoms. The fourth-order valence-corrected chi connectivity index (χ4v) is 2.33. The Morgan fingerprint density at radius 1 is 1.37 bits per heavy atom. The Labute approximate surface area is 116 Å². The van der Waals surface area contributed by atoms with Crippen LogP contribution in [0.4, 0.5) is 0 Å². The molecule has 0 spiro atoms. The molecule has 0 aliphatic heterocycles. The molecule has 19 heavy (non-hydrogen) atoms. The van der Waals surface area contributed by atoms with Crippen molar-refractivity contribution in [2.24, 2.45) is 0 Å². The SMILES string of the molecule is CCC(=O)NCc1nc(-c2ccc(OC)cc2)cs1. The van der Waals surface area contributed by atoms with Gasteiger partial charge in [0.1, 0.15) is 10.8 Å². The summed E-state index contributed by atoms with van der Waals surface area (Å²) in [5.74, 6) is 0.871. The van der Waals surface area contributed by atoms with E-state index < -0.39 is 0 Å². The highest BCUT2D eigenvalue weighted by molar-refractivity contribution is 7.09. The Morgan fingerprint density at radius 2 is 2.11 bits per heavy atom. The predicted octanol–water partition coefficient (Wildman–Crippen LogP) is 2.84. The van der Waals surface area contributed by atoms with Gasteiger partial charge in [0.05, 0.1) is 19.3 Å². The molecular weight excluding hydrogens is 260 g/mol. The van der Waals surface area contributed by atoms with E-state index in [4.69, 9.17) is 4.74 Å². The lowest BCUT2D eigenvalue weighted by molar-refractivity contribution is -0.120. The number of methoxy groups -OCH3 is 1. The quantitative estimate of drug-likeness (QED) is 0.913. The first-order valence-corrected chi connectivity index (χ1v) is 6.96. The number of amides is 1. The fraction of sp³-hybridized carbons (Fsp3) is 0.286. The summed E-state index contributed by atoms with van der Waals surface area (Å²) in [6, 6.07) is 7.77. The molecule has 1 amide bonds. The fourth-order valence-electron chi connectivity index (χ4n) is 1.59. The normalized spacial score (nSPS) is 10.2. The van der Waals surface area contributed by atoms with Crippen LogP contribution in [0.5, 0.6) is 5.75 Å². The van der Waals surface area contributed by atoms with E-state index in [1.54, 1.807) is 18.4 Å². The lowest BCUT2D eigenvalue weighted by atomic mass is 10.2. The van der Waals surface area contributed by atoms with E-state index in [-0.39, 0.29) is 5.91 Å². The van der Waals surface area contributed by atoms with Crippen LogP contribution < -0.4 is 10.1 Å². The van der Waals surface area contributed by atoms with Crippen molar-refractivity contribution in [3.05, 3.63) is 34.7 Å². The van der Waals surface area contributed by atoms with Crippen molar-refractivity contribution in [2.75, 3.05) is 7.11 Å². The van der Waals surface area contributed by atoms with Gasteiger partial charge in [0, 0.05) is 17.4 Å². The Balaban J connectivity index is 2.05. The molecule has 0 fully saturated rings. The zero-order valence-corrected chi connectivity index (χ0v) is 11.8. The van der Waals surface area contributed by atoms with Crippen molar-refractivity contribution in [3.63, 3.8) is 0 Å². The van der Waals surface area contributed by atoms with E-state index in [1.165, 1.54) is 0 Å². The van der Waals surface area contributed by atoms with Gasteiger partial charge in [0.25, 0.3) is 0 Å². The second-order valence-electron chi connectivity index (χ2n) is 3.99. The number of rotatable bonds is 5. The zero-order valence-electron chi connectivity index (χ0n) is 11.0. The van der Waals surface area contributed by atoms with Crippen molar-refractivity contribution in [1.82, 2.24) is 10.3 Å². The van der Waals surface area contributed by atoms with Gasteiger partial charge in [-0.05, 0) is 24.3 Å². The first-order valence-electron chi connectivity index (χ1n) is 6.08. The summed E-state index contributed by atoms with van der Waals surface area (Å²) in [5.41, 5.74) is 1.97. The third kappa shape index (κ3) is 3.54. The Morgan fingerprint density at radius 3 is 2.74 bits per heavy atom. The maximum atomic E-state index is 11.2.